The minimum absolute atomic E-state index is 0.113. The molecule has 1 atom stereocenters. The lowest BCUT2D eigenvalue weighted by Gasteiger charge is -2.29. The normalized spacial score (nSPS) is 17.0. The van der Waals surface area contributed by atoms with Crippen molar-refractivity contribution in [1.82, 2.24) is 15.0 Å². The molecule has 0 fully saturated rings. The van der Waals surface area contributed by atoms with Crippen LogP contribution in [-0.4, -0.2) is 31.1 Å². The monoisotopic (exact) mass is 419 g/mol. The van der Waals surface area contributed by atoms with Crippen LogP contribution < -0.4 is 21.9 Å². The maximum absolute atomic E-state index is 11.2. The van der Waals surface area contributed by atoms with E-state index in [1.807, 2.05) is 30.4 Å². The Bertz CT molecular complexity index is 1180. The zero-order valence-electron chi connectivity index (χ0n) is 16.6. The SMILES string of the molecule is CC1(O)CC=Cc2c(Nc3nc(NN)nc(Nc4cccc(C(=O)O)c4)n3)cccc21. The summed E-state index contributed by atoms with van der Waals surface area (Å²) in [7, 11) is 0. The van der Waals surface area contributed by atoms with Crippen LogP contribution >= 0.6 is 0 Å². The van der Waals surface area contributed by atoms with Gasteiger partial charge in [-0.15, -0.1) is 0 Å². The number of carbonyl (C=O) groups is 1. The molecule has 0 spiro atoms. The molecule has 0 radical (unpaired) electrons. The largest absolute Gasteiger partial charge is 0.478 e. The van der Waals surface area contributed by atoms with Crippen molar-refractivity contribution in [3.63, 3.8) is 0 Å². The predicted molar refractivity (Wildman–Crippen MR) is 117 cm³/mol. The summed E-state index contributed by atoms with van der Waals surface area (Å²) in [5.74, 6) is 4.96. The summed E-state index contributed by atoms with van der Waals surface area (Å²) in [4.78, 5) is 23.9. The van der Waals surface area contributed by atoms with Gasteiger partial charge in [0.15, 0.2) is 0 Å². The first-order valence-corrected chi connectivity index (χ1v) is 9.48. The van der Waals surface area contributed by atoms with Gasteiger partial charge in [-0.05, 0) is 43.2 Å². The van der Waals surface area contributed by atoms with Crippen molar-refractivity contribution in [3.8, 4) is 0 Å². The second-order valence-electron chi connectivity index (χ2n) is 7.23. The number of benzene rings is 2. The fourth-order valence-electron chi connectivity index (χ4n) is 3.37. The second kappa shape index (κ2) is 8.01. The summed E-state index contributed by atoms with van der Waals surface area (Å²) in [6.45, 7) is 1.77. The van der Waals surface area contributed by atoms with Gasteiger partial charge in [0, 0.05) is 16.9 Å². The van der Waals surface area contributed by atoms with Gasteiger partial charge in [0.2, 0.25) is 17.8 Å². The van der Waals surface area contributed by atoms with Crippen molar-refractivity contribution in [3.05, 3.63) is 65.2 Å². The number of aromatic carboxylic acids is 1. The molecule has 158 valence electrons. The molecular weight excluding hydrogens is 398 g/mol. The van der Waals surface area contributed by atoms with E-state index in [-0.39, 0.29) is 23.4 Å². The van der Waals surface area contributed by atoms with E-state index < -0.39 is 11.6 Å². The van der Waals surface area contributed by atoms with Gasteiger partial charge in [0.25, 0.3) is 0 Å². The van der Waals surface area contributed by atoms with Crippen LogP contribution in [0.2, 0.25) is 0 Å². The summed E-state index contributed by atoms with van der Waals surface area (Å²) in [5.41, 5.74) is 4.40. The van der Waals surface area contributed by atoms with Crippen molar-refractivity contribution in [1.29, 1.82) is 0 Å². The maximum Gasteiger partial charge on any atom is 0.335 e. The van der Waals surface area contributed by atoms with Crippen LogP contribution in [0.25, 0.3) is 6.08 Å². The van der Waals surface area contributed by atoms with Crippen molar-refractivity contribution in [2.45, 2.75) is 18.9 Å². The number of nitrogen functional groups attached to an aromatic ring is 1. The molecule has 0 bridgehead atoms. The highest BCUT2D eigenvalue weighted by Crippen LogP contribution is 2.37. The van der Waals surface area contributed by atoms with Crippen LogP contribution in [-0.2, 0) is 5.60 Å². The van der Waals surface area contributed by atoms with Crippen LogP contribution in [0.4, 0.5) is 29.2 Å². The highest BCUT2D eigenvalue weighted by Gasteiger charge is 2.28. The lowest BCUT2D eigenvalue weighted by atomic mass is 9.84. The number of aromatic nitrogens is 3. The third kappa shape index (κ3) is 4.29. The van der Waals surface area contributed by atoms with E-state index >= 15 is 0 Å². The van der Waals surface area contributed by atoms with Gasteiger partial charge in [-0.2, -0.15) is 15.0 Å². The Morgan fingerprint density at radius 1 is 1.06 bits per heavy atom. The molecule has 31 heavy (non-hydrogen) atoms. The molecule has 0 aliphatic heterocycles. The van der Waals surface area contributed by atoms with E-state index in [4.69, 9.17) is 5.84 Å². The zero-order valence-corrected chi connectivity index (χ0v) is 16.6. The molecule has 1 aliphatic rings. The summed E-state index contributed by atoms with van der Waals surface area (Å²) >= 11 is 0. The first-order valence-electron chi connectivity index (χ1n) is 9.48. The van der Waals surface area contributed by atoms with Crippen molar-refractivity contribution in [2.24, 2.45) is 5.84 Å². The smallest absolute Gasteiger partial charge is 0.335 e. The summed E-state index contributed by atoms with van der Waals surface area (Å²) in [6, 6.07) is 11.8. The molecule has 7 N–H and O–H groups in total. The van der Waals surface area contributed by atoms with Gasteiger partial charge in [-0.25, -0.2) is 10.6 Å². The molecule has 3 aromatic rings. The van der Waals surface area contributed by atoms with Crippen molar-refractivity contribution in [2.75, 3.05) is 16.1 Å². The summed E-state index contributed by atoms with van der Waals surface area (Å²) < 4.78 is 0. The Kier molecular flexibility index (Phi) is 5.24. The number of aliphatic hydroxyl groups is 1. The van der Waals surface area contributed by atoms with Crippen LogP contribution in [0.5, 0.6) is 0 Å². The lowest BCUT2D eigenvalue weighted by Crippen LogP contribution is -2.24. The van der Waals surface area contributed by atoms with E-state index in [0.29, 0.717) is 17.8 Å². The number of carboxylic acids is 1. The Morgan fingerprint density at radius 3 is 2.52 bits per heavy atom. The number of fused-ring (bicyclic) bond motifs is 1. The van der Waals surface area contributed by atoms with E-state index in [2.05, 4.69) is 31.0 Å². The molecule has 4 rings (SSSR count). The van der Waals surface area contributed by atoms with Crippen molar-refractivity contribution >= 4 is 41.3 Å². The number of anilines is 5. The van der Waals surface area contributed by atoms with Crippen LogP contribution in [0.15, 0.2) is 48.5 Å². The second-order valence-corrected chi connectivity index (χ2v) is 7.23. The van der Waals surface area contributed by atoms with E-state index in [0.717, 1.165) is 11.1 Å². The molecule has 1 unspecified atom stereocenters. The van der Waals surface area contributed by atoms with E-state index in [1.54, 1.807) is 19.1 Å². The van der Waals surface area contributed by atoms with Gasteiger partial charge in [0.1, 0.15) is 0 Å². The quantitative estimate of drug-likeness (QED) is 0.259. The average Bonchev–Trinajstić information content (AvgIpc) is 2.74. The Hall–Kier alpha value is -4.02. The van der Waals surface area contributed by atoms with Crippen LogP contribution in [0.1, 0.15) is 34.8 Å². The number of nitrogens with one attached hydrogen (secondary N) is 3. The van der Waals surface area contributed by atoms with E-state index in [1.165, 1.54) is 12.1 Å². The van der Waals surface area contributed by atoms with Gasteiger partial charge in [0.05, 0.1) is 11.2 Å². The predicted octanol–water partition coefficient (Wildman–Crippen LogP) is 2.97. The number of carboxylic acid groups (broad SMARTS) is 1. The van der Waals surface area contributed by atoms with Crippen LogP contribution in [0, 0.1) is 0 Å². The third-order valence-electron chi connectivity index (χ3n) is 4.86. The summed E-state index contributed by atoms with van der Waals surface area (Å²) in [6.07, 6.45) is 4.38. The number of nitrogens with two attached hydrogens (primary N) is 1. The fourth-order valence-corrected chi connectivity index (χ4v) is 3.37. The minimum Gasteiger partial charge on any atom is -0.478 e. The number of hydrogen-bond donors (Lipinski definition) is 6. The molecule has 1 aliphatic carbocycles. The molecule has 10 heteroatoms. The van der Waals surface area contributed by atoms with Gasteiger partial charge < -0.3 is 20.8 Å². The molecule has 0 saturated carbocycles. The highest BCUT2D eigenvalue weighted by molar-refractivity contribution is 5.89. The molecule has 0 amide bonds. The third-order valence-corrected chi connectivity index (χ3v) is 4.86. The fraction of sp³-hybridized carbons (Fsp3) is 0.143. The Balaban J connectivity index is 1.66. The first-order chi connectivity index (χ1) is 14.9. The molecule has 0 saturated heterocycles. The topological polar surface area (TPSA) is 158 Å². The maximum atomic E-state index is 11.2. The molecule has 1 aromatic heterocycles. The number of rotatable bonds is 6. The molecular formula is C21H21N7O3. The first kappa shape index (κ1) is 20.3. The number of hydrogen-bond acceptors (Lipinski definition) is 9. The number of nitrogens with zero attached hydrogens (tertiary/aromatic N) is 3. The van der Waals surface area contributed by atoms with Gasteiger partial charge in [-0.1, -0.05) is 30.4 Å². The molecule has 1 heterocycles. The standard InChI is InChI=1S/C21H21N7O3/c1-21(31)10-4-7-14-15(21)8-3-9-16(14)24-19-25-18(26-20(27-19)28-22)23-13-6-2-5-12(11-13)17(29)30/h2-9,11,31H,10,22H2,1H3,(H,29,30)(H3,23,24,25,26,27,28). The summed E-state index contributed by atoms with van der Waals surface area (Å²) in [5, 5.41) is 25.9. The zero-order chi connectivity index (χ0) is 22.0. The Labute approximate surface area is 177 Å². The van der Waals surface area contributed by atoms with Crippen molar-refractivity contribution < 1.29 is 15.0 Å². The molecule has 2 aromatic carbocycles. The number of hydrazine groups is 1. The highest BCUT2D eigenvalue weighted by atomic mass is 16.4. The van der Waals surface area contributed by atoms with E-state index in [9.17, 15) is 15.0 Å². The van der Waals surface area contributed by atoms with Crippen LogP contribution in [0.3, 0.4) is 0 Å². The van der Waals surface area contributed by atoms with Gasteiger partial charge in [-0.3, -0.25) is 5.43 Å². The Morgan fingerprint density at radius 2 is 1.77 bits per heavy atom. The molecule has 10 nitrogen and oxygen atoms in total. The average molecular weight is 419 g/mol. The lowest BCUT2D eigenvalue weighted by molar-refractivity contribution is 0.0592. The minimum atomic E-state index is -1.04. The van der Waals surface area contributed by atoms with Gasteiger partial charge >= 0.3 is 5.97 Å².